The molecule has 4 nitrogen and oxygen atoms in total. The lowest BCUT2D eigenvalue weighted by molar-refractivity contribution is 0.160. The predicted octanol–water partition coefficient (Wildman–Crippen LogP) is 0.895. The molecule has 14 heavy (non-hydrogen) atoms. The molecule has 1 rings (SSSR count). The minimum atomic E-state index is -0.360. The van der Waals surface area contributed by atoms with Gasteiger partial charge in [-0.25, -0.2) is 4.79 Å². The summed E-state index contributed by atoms with van der Waals surface area (Å²) in [5.41, 5.74) is 5.73. The van der Waals surface area contributed by atoms with E-state index in [-0.39, 0.29) is 12.2 Å². The summed E-state index contributed by atoms with van der Waals surface area (Å²) in [5.74, 6) is 0. The van der Waals surface area contributed by atoms with E-state index in [0.29, 0.717) is 13.1 Å². The van der Waals surface area contributed by atoms with Crippen LogP contribution in [0.25, 0.3) is 0 Å². The van der Waals surface area contributed by atoms with Crippen LogP contribution in [-0.4, -0.2) is 35.1 Å². The topological polar surface area (TPSA) is 49.6 Å². The van der Waals surface area contributed by atoms with Crippen LogP contribution in [0.2, 0.25) is 0 Å². The Morgan fingerprint density at radius 2 is 2.07 bits per heavy atom. The summed E-state index contributed by atoms with van der Waals surface area (Å²) in [6.45, 7) is 8.12. The molecule has 76 valence electrons. The van der Waals surface area contributed by atoms with Crippen LogP contribution >= 0.6 is 0 Å². The number of carbonyl (C=O) groups excluding carboxylic acids is 1. The SMILES string of the molecule is C=CCN1C=CC(N)N(CC=C)C1=O. The molecule has 1 aliphatic rings. The summed E-state index contributed by atoms with van der Waals surface area (Å²) in [7, 11) is 0. The van der Waals surface area contributed by atoms with Gasteiger partial charge in [-0.3, -0.25) is 4.90 Å². The third-order valence-corrected chi connectivity index (χ3v) is 1.97. The maximum Gasteiger partial charge on any atom is 0.326 e. The molecule has 0 radical (unpaired) electrons. The Balaban J connectivity index is 2.77. The second-order valence-electron chi connectivity index (χ2n) is 3.00. The van der Waals surface area contributed by atoms with E-state index in [2.05, 4.69) is 13.2 Å². The zero-order valence-electron chi connectivity index (χ0n) is 8.10. The first-order valence-corrected chi connectivity index (χ1v) is 4.43. The molecule has 0 aromatic carbocycles. The highest BCUT2D eigenvalue weighted by molar-refractivity contribution is 5.77. The van der Waals surface area contributed by atoms with E-state index < -0.39 is 0 Å². The Morgan fingerprint density at radius 1 is 1.43 bits per heavy atom. The minimum Gasteiger partial charge on any atom is -0.308 e. The standard InChI is InChI=1S/C10H15N3O/c1-3-6-12-8-5-9(11)13(7-4-2)10(12)14/h3-5,8-9H,1-2,6-7,11H2. The number of hydrogen-bond acceptors (Lipinski definition) is 2. The van der Waals surface area contributed by atoms with Crippen LogP contribution < -0.4 is 5.73 Å². The Labute approximate surface area is 84.0 Å². The number of amides is 2. The van der Waals surface area contributed by atoms with Gasteiger partial charge in [-0.05, 0) is 6.08 Å². The lowest BCUT2D eigenvalue weighted by Crippen LogP contribution is -2.52. The summed E-state index contributed by atoms with van der Waals surface area (Å²) in [6, 6.07) is -0.111. The van der Waals surface area contributed by atoms with E-state index in [4.69, 9.17) is 5.73 Å². The third kappa shape index (κ3) is 2.03. The zero-order chi connectivity index (χ0) is 10.6. The average molecular weight is 193 g/mol. The Hall–Kier alpha value is -1.55. The smallest absolute Gasteiger partial charge is 0.308 e. The largest absolute Gasteiger partial charge is 0.326 e. The number of carbonyl (C=O) groups is 1. The van der Waals surface area contributed by atoms with Gasteiger partial charge >= 0.3 is 6.03 Å². The summed E-state index contributed by atoms with van der Waals surface area (Å²) in [5, 5.41) is 0. The van der Waals surface area contributed by atoms with Crippen molar-refractivity contribution in [3.05, 3.63) is 37.6 Å². The van der Waals surface area contributed by atoms with Gasteiger partial charge in [0.05, 0.1) is 0 Å². The first-order chi connectivity index (χ1) is 6.70. The van der Waals surface area contributed by atoms with Crippen molar-refractivity contribution in [2.24, 2.45) is 5.73 Å². The minimum absolute atomic E-state index is 0.111. The van der Waals surface area contributed by atoms with Crippen molar-refractivity contribution >= 4 is 6.03 Å². The van der Waals surface area contributed by atoms with Gasteiger partial charge in [0.1, 0.15) is 6.17 Å². The molecule has 1 unspecified atom stereocenters. The fourth-order valence-corrected chi connectivity index (χ4v) is 1.27. The molecule has 1 heterocycles. The van der Waals surface area contributed by atoms with Crippen LogP contribution in [0.1, 0.15) is 0 Å². The maximum absolute atomic E-state index is 11.7. The van der Waals surface area contributed by atoms with Crippen molar-refractivity contribution in [2.45, 2.75) is 6.17 Å². The van der Waals surface area contributed by atoms with Gasteiger partial charge in [0.25, 0.3) is 0 Å². The van der Waals surface area contributed by atoms with Crippen molar-refractivity contribution in [2.75, 3.05) is 13.1 Å². The van der Waals surface area contributed by atoms with Crippen LogP contribution in [0, 0.1) is 0 Å². The molecule has 0 aliphatic carbocycles. The number of hydrogen-bond donors (Lipinski definition) is 1. The van der Waals surface area contributed by atoms with E-state index in [1.807, 2.05) is 0 Å². The highest BCUT2D eigenvalue weighted by atomic mass is 16.2. The number of nitrogens with two attached hydrogens (primary N) is 1. The summed E-state index contributed by atoms with van der Waals surface area (Å²) >= 11 is 0. The highest BCUT2D eigenvalue weighted by Crippen LogP contribution is 2.09. The molecule has 0 aromatic heterocycles. The van der Waals surface area contributed by atoms with E-state index in [1.54, 1.807) is 29.3 Å². The molecule has 0 aromatic rings. The van der Waals surface area contributed by atoms with Gasteiger partial charge < -0.3 is 10.6 Å². The number of rotatable bonds is 4. The molecule has 0 saturated heterocycles. The van der Waals surface area contributed by atoms with E-state index >= 15 is 0 Å². The Morgan fingerprint density at radius 3 is 2.64 bits per heavy atom. The molecule has 0 fully saturated rings. The van der Waals surface area contributed by atoms with Gasteiger partial charge in [0.2, 0.25) is 0 Å². The monoisotopic (exact) mass is 193 g/mol. The summed E-state index contributed by atoms with van der Waals surface area (Å²) in [6.07, 6.45) is 6.43. The molecule has 1 atom stereocenters. The Kier molecular flexibility index (Phi) is 3.48. The summed E-state index contributed by atoms with van der Waals surface area (Å²) < 4.78 is 0. The normalized spacial score (nSPS) is 21.2. The molecule has 1 aliphatic heterocycles. The molecular weight excluding hydrogens is 178 g/mol. The Bertz CT molecular complexity index is 273. The van der Waals surface area contributed by atoms with Crippen molar-refractivity contribution in [3.8, 4) is 0 Å². The third-order valence-electron chi connectivity index (χ3n) is 1.97. The molecule has 2 N–H and O–H groups in total. The predicted molar refractivity (Wildman–Crippen MR) is 56.3 cm³/mol. The first-order valence-electron chi connectivity index (χ1n) is 4.43. The van der Waals surface area contributed by atoms with Gasteiger partial charge in [-0.1, -0.05) is 12.2 Å². The molecular formula is C10H15N3O. The summed E-state index contributed by atoms with van der Waals surface area (Å²) in [4.78, 5) is 14.8. The van der Waals surface area contributed by atoms with E-state index in [1.165, 1.54) is 4.90 Å². The van der Waals surface area contributed by atoms with Crippen LogP contribution in [0.3, 0.4) is 0 Å². The van der Waals surface area contributed by atoms with Gasteiger partial charge in [0, 0.05) is 19.3 Å². The molecule has 0 spiro atoms. The molecule has 2 amide bonds. The fourth-order valence-electron chi connectivity index (χ4n) is 1.27. The van der Waals surface area contributed by atoms with Crippen LogP contribution in [-0.2, 0) is 0 Å². The van der Waals surface area contributed by atoms with Crippen LogP contribution in [0.15, 0.2) is 37.6 Å². The van der Waals surface area contributed by atoms with Gasteiger partial charge in [-0.15, -0.1) is 13.2 Å². The number of nitrogens with zero attached hydrogens (tertiary/aromatic N) is 2. The highest BCUT2D eigenvalue weighted by Gasteiger charge is 2.25. The quantitative estimate of drug-likeness (QED) is 0.674. The van der Waals surface area contributed by atoms with Crippen molar-refractivity contribution < 1.29 is 4.79 Å². The molecule has 0 saturated carbocycles. The second kappa shape index (κ2) is 4.62. The van der Waals surface area contributed by atoms with Crippen LogP contribution in [0.5, 0.6) is 0 Å². The maximum atomic E-state index is 11.7. The first kappa shape index (κ1) is 10.5. The van der Waals surface area contributed by atoms with Crippen molar-refractivity contribution in [1.82, 2.24) is 9.80 Å². The van der Waals surface area contributed by atoms with Crippen LogP contribution in [0.4, 0.5) is 4.79 Å². The zero-order valence-corrected chi connectivity index (χ0v) is 8.10. The van der Waals surface area contributed by atoms with Gasteiger partial charge in [-0.2, -0.15) is 0 Å². The van der Waals surface area contributed by atoms with Crippen molar-refractivity contribution in [1.29, 1.82) is 0 Å². The van der Waals surface area contributed by atoms with E-state index in [9.17, 15) is 4.79 Å². The molecule has 4 heteroatoms. The number of urea groups is 1. The average Bonchev–Trinajstić information content (AvgIpc) is 2.17. The fraction of sp³-hybridized carbons (Fsp3) is 0.300. The molecule has 0 bridgehead atoms. The van der Waals surface area contributed by atoms with Crippen molar-refractivity contribution in [3.63, 3.8) is 0 Å². The lowest BCUT2D eigenvalue weighted by atomic mass is 10.3. The second-order valence-corrected chi connectivity index (χ2v) is 3.00. The van der Waals surface area contributed by atoms with E-state index in [0.717, 1.165) is 0 Å². The lowest BCUT2D eigenvalue weighted by Gasteiger charge is -2.34. The van der Waals surface area contributed by atoms with Gasteiger partial charge in [0.15, 0.2) is 0 Å².